The summed E-state index contributed by atoms with van der Waals surface area (Å²) in [6.07, 6.45) is 1.35. The third-order valence-electron chi connectivity index (χ3n) is 6.62. The minimum absolute atomic E-state index is 0.124. The number of methoxy groups -OCH3 is 1. The van der Waals surface area contributed by atoms with Gasteiger partial charge in [-0.1, -0.05) is 42.5 Å². The molecule has 10 heteroatoms. The summed E-state index contributed by atoms with van der Waals surface area (Å²) in [6, 6.07) is 24.2. The molecule has 44 heavy (non-hydrogen) atoms. The van der Waals surface area contributed by atoms with Crippen LogP contribution in [-0.2, 0) is 22.8 Å². The second-order valence-electron chi connectivity index (χ2n) is 9.62. The summed E-state index contributed by atoms with van der Waals surface area (Å²) in [7, 11) is 1.57. The van der Waals surface area contributed by atoms with Gasteiger partial charge < -0.3 is 18.9 Å². The van der Waals surface area contributed by atoms with Gasteiger partial charge in [-0.3, -0.25) is 14.9 Å². The maximum atomic E-state index is 13.4. The van der Waals surface area contributed by atoms with E-state index in [4.69, 9.17) is 18.9 Å². The largest absolute Gasteiger partial charge is 0.493 e. The lowest BCUT2D eigenvalue weighted by Crippen LogP contribution is -2.54. The van der Waals surface area contributed by atoms with Crippen molar-refractivity contribution in [2.45, 2.75) is 20.1 Å². The number of imide groups is 2. The summed E-state index contributed by atoms with van der Waals surface area (Å²) in [6.45, 7) is 2.76. The van der Waals surface area contributed by atoms with E-state index in [0.717, 1.165) is 28.2 Å². The number of hydrogen-bond acceptors (Lipinski definition) is 7. The van der Waals surface area contributed by atoms with Crippen LogP contribution in [0.2, 0.25) is 0 Å². The first-order valence-electron chi connectivity index (χ1n) is 13.8. The fourth-order valence-electron chi connectivity index (χ4n) is 4.47. The number of carbonyl (C=O) groups is 3. The van der Waals surface area contributed by atoms with Gasteiger partial charge >= 0.3 is 6.03 Å². The first-order chi connectivity index (χ1) is 21.4. The highest BCUT2D eigenvalue weighted by Gasteiger charge is 2.36. The predicted octanol–water partition coefficient (Wildman–Crippen LogP) is 6.06. The molecule has 4 aromatic rings. The monoisotopic (exact) mass is 596 g/mol. The van der Waals surface area contributed by atoms with Crippen LogP contribution in [0, 0.1) is 5.82 Å². The summed E-state index contributed by atoms with van der Waals surface area (Å²) in [4.78, 5) is 39.0. The van der Waals surface area contributed by atoms with Gasteiger partial charge in [-0.15, -0.1) is 0 Å². The molecule has 0 unspecified atom stereocenters. The number of anilines is 1. The zero-order valence-corrected chi connectivity index (χ0v) is 24.0. The number of amides is 4. The van der Waals surface area contributed by atoms with E-state index in [1.54, 1.807) is 25.3 Å². The van der Waals surface area contributed by atoms with Crippen LogP contribution in [0.25, 0.3) is 6.08 Å². The van der Waals surface area contributed by atoms with Crippen LogP contribution in [-0.4, -0.2) is 31.6 Å². The first-order valence-corrected chi connectivity index (χ1v) is 13.8. The van der Waals surface area contributed by atoms with Gasteiger partial charge in [0, 0.05) is 0 Å². The van der Waals surface area contributed by atoms with E-state index in [0.29, 0.717) is 41.8 Å². The van der Waals surface area contributed by atoms with Crippen LogP contribution in [0.5, 0.6) is 23.0 Å². The predicted molar refractivity (Wildman–Crippen MR) is 161 cm³/mol. The van der Waals surface area contributed by atoms with Gasteiger partial charge in [0.1, 0.15) is 24.6 Å². The van der Waals surface area contributed by atoms with Crippen LogP contribution in [0.3, 0.4) is 0 Å². The molecule has 0 atom stereocenters. The number of nitrogens with zero attached hydrogens (tertiary/aromatic N) is 1. The van der Waals surface area contributed by atoms with Crippen molar-refractivity contribution < 1.29 is 37.7 Å². The fraction of sp³-hybridized carbons (Fsp3) is 0.147. The zero-order valence-electron chi connectivity index (χ0n) is 24.0. The Morgan fingerprint density at radius 3 is 2.14 bits per heavy atom. The number of barbiturate groups is 1. The Morgan fingerprint density at radius 2 is 1.43 bits per heavy atom. The topological polar surface area (TPSA) is 103 Å². The molecule has 4 aromatic carbocycles. The Labute approximate surface area is 253 Å². The standard InChI is InChI=1S/C34H29FN2O7/c1-3-42-31-18-23(17-27-32(38)36-34(40)37(33(27)39)26-13-11-25(35)12-14-26)9-15-29(31)44-21-24-10-16-28(30(19-24)41-2)43-20-22-7-5-4-6-8-22/h4-19H,3,20-21H2,1-2H3,(H,36,38,40)/b27-17+. The van der Waals surface area contributed by atoms with Crippen LogP contribution < -0.4 is 29.2 Å². The molecule has 1 aliphatic rings. The first kappa shape index (κ1) is 29.8. The molecule has 4 amide bonds. The van der Waals surface area contributed by atoms with E-state index < -0.39 is 23.7 Å². The molecule has 5 rings (SSSR count). The SMILES string of the molecule is CCOc1cc(/C=C2\C(=O)NC(=O)N(c3ccc(F)cc3)C2=O)ccc1OCc1ccc(OCc2ccccc2)c(OC)c1. The van der Waals surface area contributed by atoms with Gasteiger partial charge in [0.05, 0.1) is 19.4 Å². The molecule has 0 radical (unpaired) electrons. The van der Waals surface area contributed by atoms with Gasteiger partial charge in [0.15, 0.2) is 23.0 Å². The Kier molecular flexibility index (Phi) is 9.19. The van der Waals surface area contributed by atoms with Crippen LogP contribution in [0.1, 0.15) is 23.6 Å². The number of urea groups is 1. The lowest BCUT2D eigenvalue weighted by Gasteiger charge is -2.26. The number of ether oxygens (including phenoxy) is 4. The van der Waals surface area contributed by atoms with E-state index in [1.807, 2.05) is 55.5 Å². The van der Waals surface area contributed by atoms with Gasteiger partial charge in [0.2, 0.25) is 0 Å². The molecule has 1 saturated heterocycles. The molecule has 0 saturated carbocycles. The third kappa shape index (κ3) is 6.87. The summed E-state index contributed by atoms with van der Waals surface area (Å²) >= 11 is 0. The summed E-state index contributed by atoms with van der Waals surface area (Å²) in [5.41, 5.74) is 2.19. The minimum Gasteiger partial charge on any atom is -0.493 e. The molecule has 1 aliphatic heterocycles. The minimum atomic E-state index is -0.921. The van der Waals surface area contributed by atoms with Crippen molar-refractivity contribution in [1.29, 1.82) is 0 Å². The number of benzene rings is 4. The van der Waals surface area contributed by atoms with Crippen molar-refractivity contribution >= 4 is 29.6 Å². The van der Waals surface area contributed by atoms with E-state index in [1.165, 1.54) is 18.2 Å². The van der Waals surface area contributed by atoms with Crippen molar-refractivity contribution in [1.82, 2.24) is 5.32 Å². The van der Waals surface area contributed by atoms with Crippen LogP contribution in [0.15, 0.2) is 96.6 Å². The summed E-state index contributed by atoms with van der Waals surface area (Å²) < 4.78 is 36.7. The average molecular weight is 597 g/mol. The normalized spacial score (nSPS) is 13.9. The van der Waals surface area contributed by atoms with Gasteiger partial charge in [-0.25, -0.2) is 14.1 Å². The third-order valence-corrected chi connectivity index (χ3v) is 6.62. The maximum Gasteiger partial charge on any atom is 0.335 e. The molecule has 0 spiro atoms. The molecule has 9 nitrogen and oxygen atoms in total. The highest BCUT2D eigenvalue weighted by molar-refractivity contribution is 6.39. The molecule has 0 aliphatic carbocycles. The fourth-order valence-corrected chi connectivity index (χ4v) is 4.47. The highest BCUT2D eigenvalue weighted by atomic mass is 19.1. The molecule has 1 heterocycles. The van der Waals surface area contributed by atoms with Crippen molar-refractivity contribution in [2.75, 3.05) is 18.6 Å². The lowest BCUT2D eigenvalue weighted by molar-refractivity contribution is -0.122. The number of halogens is 1. The molecular formula is C34H29FN2O7. The molecule has 0 aromatic heterocycles. The number of hydrogen-bond donors (Lipinski definition) is 1. The second-order valence-corrected chi connectivity index (χ2v) is 9.62. The van der Waals surface area contributed by atoms with E-state index >= 15 is 0 Å². The van der Waals surface area contributed by atoms with Crippen molar-refractivity contribution in [2.24, 2.45) is 0 Å². The smallest absolute Gasteiger partial charge is 0.335 e. The Morgan fingerprint density at radius 1 is 0.750 bits per heavy atom. The number of carbonyl (C=O) groups excluding carboxylic acids is 3. The zero-order chi connectivity index (χ0) is 31.1. The number of nitrogens with one attached hydrogen (secondary N) is 1. The lowest BCUT2D eigenvalue weighted by atomic mass is 10.1. The van der Waals surface area contributed by atoms with Crippen LogP contribution in [0.4, 0.5) is 14.9 Å². The summed E-state index contributed by atoms with van der Waals surface area (Å²) in [5, 5.41) is 2.15. The number of rotatable bonds is 11. The summed E-state index contributed by atoms with van der Waals surface area (Å²) in [5.74, 6) is -0.200. The van der Waals surface area contributed by atoms with Crippen LogP contribution >= 0.6 is 0 Å². The average Bonchev–Trinajstić information content (AvgIpc) is 3.03. The quantitative estimate of drug-likeness (QED) is 0.166. The molecule has 1 N–H and O–H groups in total. The Bertz CT molecular complexity index is 1700. The molecule has 0 bridgehead atoms. The van der Waals surface area contributed by atoms with E-state index in [9.17, 15) is 18.8 Å². The van der Waals surface area contributed by atoms with E-state index in [-0.39, 0.29) is 17.9 Å². The van der Waals surface area contributed by atoms with Crippen molar-refractivity contribution in [3.05, 3.63) is 119 Å². The van der Waals surface area contributed by atoms with Crippen molar-refractivity contribution in [3.8, 4) is 23.0 Å². The molecule has 224 valence electrons. The van der Waals surface area contributed by atoms with Gasteiger partial charge in [-0.2, -0.15) is 0 Å². The van der Waals surface area contributed by atoms with Gasteiger partial charge in [-0.05, 0) is 78.2 Å². The molecule has 1 fully saturated rings. The van der Waals surface area contributed by atoms with E-state index in [2.05, 4.69) is 5.32 Å². The molecular weight excluding hydrogens is 567 g/mol. The Balaban J connectivity index is 1.32. The van der Waals surface area contributed by atoms with Gasteiger partial charge in [0.25, 0.3) is 11.8 Å². The second kappa shape index (κ2) is 13.6. The highest BCUT2D eigenvalue weighted by Crippen LogP contribution is 2.33. The maximum absolute atomic E-state index is 13.4. The Hall–Kier alpha value is -5.64. The van der Waals surface area contributed by atoms with Crippen molar-refractivity contribution in [3.63, 3.8) is 0 Å².